The Bertz CT molecular complexity index is 587. The molecule has 1 aromatic heterocycles. The van der Waals surface area contributed by atoms with E-state index in [0.717, 1.165) is 49.5 Å². The van der Waals surface area contributed by atoms with E-state index in [0.29, 0.717) is 5.69 Å². The second-order valence-electron chi connectivity index (χ2n) is 5.43. The van der Waals surface area contributed by atoms with E-state index in [-0.39, 0.29) is 0 Å². The Kier molecular flexibility index (Phi) is 5.20. The van der Waals surface area contributed by atoms with Gasteiger partial charge in [-0.15, -0.1) is 0 Å². The van der Waals surface area contributed by atoms with Crippen molar-refractivity contribution in [1.82, 2.24) is 14.5 Å². The number of rotatable bonds is 7. The number of imidazole rings is 1. The molecule has 0 saturated carbocycles. The fraction of sp³-hybridized carbons (Fsp3) is 0.562. The topological polar surface area (TPSA) is 67.3 Å². The summed E-state index contributed by atoms with van der Waals surface area (Å²) in [4.78, 5) is 6.93. The van der Waals surface area contributed by atoms with Gasteiger partial charge in [-0.25, -0.2) is 4.98 Å². The maximum absolute atomic E-state index is 9.95. The average Bonchev–Trinajstić information content (AvgIpc) is 2.81. The number of aryl methyl sites for hydroxylation is 1. The number of benzene rings is 1. The monoisotopic (exact) mass is 290 g/mol. The van der Waals surface area contributed by atoms with Gasteiger partial charge in [0.05, 0.1) is 11.0 Å². The van der Waals surface area contributed by atoms with Crippen LogP contribution in [0.5, 0.6) is 0 Å². The molecule has 5 nitrogen and oxygen atoms in total. The molecule has 1 atom stereocenters. The molecular weight excluding hydrogens is 264 g/mol. The standard InChI is InChI=1S/C16H26N4O/c1-4-19(5-2)9-6-10-20-15-8-7-13(17)11-14(15)18-16(20)12(3)21/h7-8,11-12,21H,4-6,9-10,17H2,1-3H3. The summed E-state index contributed by atoms with van der Waals surface area (Å²) in [5.41, 5.74) is 8.41. The normalized spacial score (nSPS) is 13.2. The lowest BCUT2D eigenvalue weighted by atomic mass is 10.2. The molecule has 0 bridgehead atoms. The molecule has 116 valence electrons. The van der Waals surface area contributed by atoms with Crippen LogP contribution < -0.4 is 5.73 Å². The molecule has 2 rings (SSSR count). The number of hydrogen-bond acceptors (Lipinski definition) is 4. The number of aliphatic hydroxyl groups is 1. The number of nitrogens with zero attached hydrogens (tertiary/aromatic N) is 3. The van der Waals surface area contributed by atoms with Crippen LogP contribution in [-0.4, -0.2) is 39.2 Å². The summed E-state index contributed by atoms with van der Waals surface area (Å²) in [6.45, 7) is 10.2. The molecule has 1 heterocycles. The molecule has 0 spiro atoms. The van der Waals surface area contributed by atoms with Crippen LogP contribution in [0.1, 0.15) is 39.1 Å². The van der Waals surface area contributed by atoms with Crippen LogP contribution in [0.25, 0.3) is 11.0 Å². The van der Waals surface area contributed by atoms with Crippen LogP contribution in [0.4, 0.5) is 5.69 Å². The molecule has 5 heteroatoms. The summed E-state index contributed by atoms with van der Waals surface area (Å²) in [7, 11) is 0. The van der Waals surface area contributed by atoms with Gasteiger partial charge in [0.1, 0.15) is 11.9 Å². The lowest BCUT2D eigenvalue weighted by Gasteiger charge is -2.18. The third kappa shape index (κ3) is 3.54. The predicted octanol–water partition coefficient (Wildman–Crippen LogP) is 2.40. The van der Waals surface area contributed by atoms with Gasteiger partial charge in [-0.2, -0.15) is 0 Å². The summed E-state index contributed by atoms with van der Waals surface area (Å²) in [5, 5.41) is 9.95. The molecule has 21 heavy (non-hydrogen) atoms. The highest BCUT2D eigenvalue weighted by atomic mass is 16.3. The minimum Gasteiger partial charge on any atom is -0.399 e. The summed E-state index contributed by atoms with van der Waals surface area (Å²) >= 11 is 0. The molecule has 0 radical (unpaired) electrons. The minimum absolute atomic E-state index is 0.577. The zero-order chi connectivity index (χ0) is 15.4. The molecule has 3 N–H and O–H groups in total. The molecule has 1 unspecified atom stereocenters. The summed E-state index contributed by atoms with van der Waals surface area (Å²) in [5.74, 6) is 0.718. The Morgan fingerprint density at radius 3 is 2.67 bits per heavy atom. The highest BCUT2D eigenvalue weighted by Crippen LogP contribution is 2.23. The van der Waals surface area contributed by atoms with Crippen molar-refractivity contribution in [3.63, 3.8) is 0 Å². The van der Waals surface area contributed by atoms with Crippen molar-refractivity contribution in [2.45, 2.75) is 39.8 Å². The average molecular weight is 290 g/mol. The van der Waals surface area contributed by atoms with Gasteiger partial charge < -0.3 is 20.3 Å². The maximum atomic E-state index is 9.95. The zero-order valence-electron chi connectivity index (χ0n) is 13.2. The molecule has 0 aliphatic heterocycles. The number of aromatic nitrogens is 2. The summed E-state index contributed by atoms with van der Waals surface area (Å²) < 4.78 is 2.11. The highest BCUT2D eigenvalue weighted by Gasteiger charge is 2.14. The zero-order valence-corrected chi connectivity index (χ0v) is 13.2. The number of nitrogen functional groups attached to an aromatic ring is 1. The number of nitrogens with two attached hydrogens (primary N) is 1. The first-order valence-electron chi connectivity index (χ1n) is 7.72. The molecule has 0 aliphatic rings. The first-order chi connectivity index (χ1) is 10.1. The lowest BCUT2D eigenvalue weighted by Crippen LogP contribution is -2.25. The van der Waals surface area contributed by atoms with Gasteiger partial charge in [0, 0.05) is 12.2 Å². The molecule has 0 amide bonds. The van der Waals surface area contributed by atoms with E-state index >= 15 is 0 Å². The van der Waals surface area contributed by atoms with Crippen molar-refractivity contribution in [3.8, 4) is 0 Å². The van der Waals surface area contributed by atoms with E-state index in [1.807, 2.05) is 18.2 Å². The van der Waals surface area contributed by atoms with Crippen LogP contribution in [0.15, 0.2) is 18.2 Å². The van der Waals surface area contributed by atoms with Crippen LogP contribution in [0, 0.1) is 0 Å². The van der Waals surface area contributed by atoms with E-state index in [4.69, 9.17) is 5.73 Å². The second kappa shape index (κ2) is 6.91. The van der Waals surface area contributed by atoms with Crippen molar-refractivity contribution in [2.75, 3.05) is 25.4 Å². The van der Waals surface area contributed by atoms with E-state index in [1.54, 1.807) is 6.92 Å². The quantitative estimate of drug-likeness (QED) is 0.768. The van der Waals surface area contributed by atoms with Crippen LogP contribution in [0.2, 0.25) is 0 Å². The van der Waals surface area contributed by atoms with E-state index in [2.05, 4.69) is 28.3 Å². The Labute approximate surface area is 126 Å². The Morgan fingerprint density at radius 2 is 2.05 bits per heavy atom. The fourth-order valence-electron chi connectivity index (χ4n) is 2.71. The maximum Gasteiger partial charge on any atom is 0.138 e. The van der Waals surface area contributed by atoms with Crippen molar-refractivity contribution in [1.29, 1.82) is 0 Å². The SMILES string of the molecule is CCN(CC)CCCn1c(C(C)O)nc2cc(N)ccc21. The van der Waals surface area contributed by atoms with Gasteiger partial charge in [-0.3, -0.25) is 0 Å². The van der Waals surface area contributed by atoms with Gasteiger partial charge in [0.2, 0.25) is 0 Å². The lowest BCUT2D eigenvalue weighted by molar-refractivity contribution is 0.183. The van der Waals surface area contributed by atoms with Gasteiger partial charge in [-0.05, 0) is 51.2 Å². The van der Waals surface area contributed by atoms with Crippen LogP contribution in [0.3, 0.4) is 0 Å². The largest absolute Gasteiger partial charge is 0.399 e. The van der Waals surface area contributed by atoms with Crippen molar-refractivity contribution in [2.24, 2.45) is 0 Å². The third-order valence-electron chi connectivity index (χ3n) is 3.93. The third-order valence-corrected chi connectivity index (χ3v) is 3.93. The van der Waals surface area contributed by atoms with E-state index < -0.39 is 6.10 Å². The van der Waals surface area contributed by atoms with Crippen molar-refractivity contribution in [3.05, 3.63) is 24.0 Å². The minimum atomic E-state index is -0.577. The van der Waals surface area contributed by atoms with Crippen molar-refractivity contribution >= 4 is 16.7 Å². The number of fused-ring (bicyclic) bond motifs is 1. The molecule has 0 aliphatic carbocycles. The van der Waals surface area contributed by atoms with E-state index in [9.17, 15) is 5.11 Å². The van der Waals surface area contributed by atoms with Gasteiger partial charge in [0.25, 0.3) is 0 Å². The predicted molar refractivity (Wildman–Crippen MR) is 87.2 cm³/mol. The molecular formula is C16H26N4O. The summed E-state index contributed by atoms with van der Waals surface area (Å²) in [6.07, 6.45) is 0.462. The smallest absolute Gasteiger partial charge is 0.138 e. The Morgan fingerprint density at radius 1 is 1.33 bits per heavy atom. The van der Waals surface area contributed by atoms with Gasteiger partial charge in [-0.1, -0.05) is 13.8 Å². The van der Waals surface area contributed by atoms with Crippen LogP contribution in [-0.2, 0) is 6.54 Å². The molecule has 1 aromatic carbocycles. The first-order valence-corrected chi connectivity index (χ1v) is 7.72. The number of hydrogen-bond donors (Lipinski definition) is 2. The Balaban J connectivity index is 2.22. The summed E-state index contributed by atoms with van der Waals surface area (Å²) in [6, 6.07) is 5.74. The number of anilines is 1. The fourth-order valence-corrected chi connectivity index (χ4v) is 2.71. The number of aliphatic hydroxyl groups excluding tert-OH is 1. The first kappa shape index (κ1) is 15.8. The highest BCUT2D eigenvalue weighted by molar-refractivity contribution is 5.79. The van der Waals surface area contributed by atoms with Crippen LogP contribution >= 0.6 is 0 Å². The van der Waals surface area contributed by atoms with Gasteiger partial charge in [0.15, 0.2) is 0 Å². The second-order valence-corrected chi connectivity index (χ2v) is 5.43. The van der Waals surface area contributed by atoms with Gasteiger partial charge >= 0.3 is 0 Å². The molecule has 0 saturated heterocycles. The van der Waals surface area contributed by atoms with E-state index in [1.165, 1.54) is 0 Å². The molecule has 0 fully saturated rings. The Hall–Kier alpha value is -1.59. The molecule has 2 aromatic rings. The van der Waals surface area contributed by atoms with Crippen molar-refractivity contribution < 1.29 is 5.11 Å².